The fraction of sp³-hybridized carbons (Fsp3) is 0.429. The van der Waals surface area contributed by atoms with Gasteiger partial charge >= 0.3 is 5.97 Å². The van der Waals surface area contributed by atoms with E-state index in [9.17, 15) is 9.59 Å². The lowest BCUT2D eigenvalue weighted by Crippen LogP contribution is -2.37. The second kappa shape index (κ2) is 6.63. The second-order valence-corrected chi connectivity index (χ2v) is 6.61. The molecule has 4 nitrogen and oxygen atoms in total. The van der Waals surface area contributed by atoms with Crippen molar-refractivity contribution in [3.05, 3.63) is 33.8 Å². The number of carboxylic acid groups (broad SMARTS) is 1. The third kappa shape index (κ3) is 3.35. The minimum absolute atomic E-state index is 0.0784. The van der Waals surface area contributed by atoms with Crippen molar-refractivity contribution in [2.75, 3.05) is 18.6 Å². The van der Waals surface area contributed by atoms with Crippen LogP contribution in [0.25, 0.3) is 0 Å². The summed E-state index contributed by atoms with van der Waals surface area (Å²) in [7, 11) is 0. The average molecular weight is 358 g/mol. The molecule has 1 amide bonds. The van der Waals surface area contributed by atoms with Crippen LogP contribution in [0.2, 0.25) is 0 Å². The number of carbonyl (C=O) groups is 2. The predicted octanol–water partition coefficient (Wildman–Crippen LogP) is 3.11. The lowest BCUT2D eigenvalue weighted by atomic mass is 10.1. The maximum atomic E-state index is 12.6. The molecule has 0 aromatic heterocycles. The molecule has 2 rings (SSSR count). The zero-order valence-electron chi connectivity index (χ0n) is 11.1. The Morgan fingerprint density at radius 2 is 2.10 bits per heavy atom. The Hall–Kier alpha value is -1.01. The van der Waals surface area contributed by atoms with Gasteiger partial charge in [0.25, 0.3) is 5.91 Å². The summed E-state index contributed by atoms with van der Waals surface area (Å²) >= 11 is 5.00. The number of halogens is 1. The first-order valence-corrected chi connectivity index (χ1v) is 8.55. The normalized spacial score (nSPS) is 18.3. The highest BCUT2D eigenvalue weighted by atomic mass is 79.9. The van der Waals surface area contributed by atoms with Crippen molar-refractivity contribution in [3.63, 3.8) is 0 Å². The van der Waals surface area contributed by atoms with Gasteiger partial charge in [0.1, 0.15) is 0 Å². The molecule has 6 heteroatoms. The third-order valence-electron chi connectivity index (χ3n) is 3.39. The number of benzene rings is 1. The van der Waals surface area contributed by atoms with Crippen molar-refractivity contribution in [3.8, 4) is 0 Å². The van der Waals surface area contributed by atoms with E-state index in [0.29, 0.717) is 10.0 Å². The molecule has 1 aliphatic heterocycles. The molecule has 20 heavy (non-hydrogen) atoms. The van der Waals surface area contributed by atoms with E-state index in [1.165, 1.54) is 12.1 Å². The molecule has 1 atom stereocenters. The Labute approximate surface area is 130 Å². The lowest BCUT2D eigenvalue weighted by Gasteiger charge is -2.24. The number of amides is 1. The van der Waals surface area contributed by atoms with E-state index in [-0.39, 0.29) is 17.5 Å². The highest BCUT2D eigenvalue weighted by Crippen LogP contribution is 2.24. The van der Waals surface area contributed by atoms with Gasteiger partial charge in [0.2, 0.25) is 0 Å². The molecule has 1 N–H and O–H groups in total. The van der Waals surface area contributed by atoms with Crippen LogP contribution in [0.3, 0.4) is 0 Å². The first-order chi connectivity index (χ1) is 9.52. The number of rotatable bonds is 4. The quantitative estimate of drug-likeness (QED) is 0.899. The Kier molecular flexibility index (Phi) is 5.10. The summed E-state index contributed by atoms with van der Waals surface area (Å²) in [6.45, 7) is 0.749. The van der Waals surface area contributed by atoms with Crippen LogP contribution < -0.4 is 0 Å². The Balaban J connectivity index is 2.26. The molecule has 0 aliphatic carbocycles. The van der Waals surface area contributed by atoms with Crippen LogP contribution in [-0.2, 0) is 0 Å². The monoisotopic (exact) mass is 357 g/mol. The first kappa shape index (κ1) is 15.4. The van der Waals surface area contributed by atoms with Gasteiger partial charge in [0.05, 0.1) is 5.56 Å². The molecule has 0 saturated carbocycles. The fourth-order valence-corrected chi connectivity index (χ4v) is 3.70. The smallest absolute Gasteiger partial charge is 0.335 e. The van der Waals surface area contributed by atoms with Crippen LogP contribution in [-0.4, -0.2) is 46.5 Å². The summed E-state index contributed by atoms with van der Waals surface area (Å²) in [5, 5.41) is 9.07. The molecule has 0 spiro atoms. The summed E-state index contributed by atoms with van der Waals surface area (Å²) in [6, 6.07) is 4.89. The van der Waals surface area contributed by atoms with Crippen LogP contribution in [0.1, 0.15) is 33.6 Å². The summed E-state index contributed by atoms with van der Waals surface area (Å²) in [5.41, 5.74) is 0.563. The van der Waals surface area contributed by atoms with Crippen molar-refractivity contribution < 1.29 is 14.7 Å². The average Bonchev–Trinajstić information content (AvgIpc) is 2.85. The number of thioether (sulfide) groups is 1. The van der Waals surface area contributed by atoms with Crippen LogP contribution in [0.5, 0.6) is 0 Å². The van der Waals surface area contributed by atoms with Gasteiger partial charge in [0, 0.05) is 28.4 Å². The third-order valence-corrected chi connectivity index (χ3v) is 4.56. The van der Waals surface area contributed by atoms with Crippen molar-refractivity contribution >= 4 is 39.6 Å². The van der Waals surface area contributed by atoms with Gasteiger partial charge in [-0.3, -0.25) is 4.79 Å². The molecular formula is C14H16BrNO3S. The highest BCUT2D eigenvalue weighted by molar-refractivity contribution is 9.10. The summed E-state index contributed by atoms with van der Waals surface area (Å²) in [5.74, 6) is -0.182. The zero-order chi connectivity index (χ0) is 14.7. The van der Waals surface area contributed by atoms with E-state index in [1.807, 2.05) is 11.2 Å². The van der Waals surface area contributed by atoms with Crippen molar-refractivity contribution in [1.82, 2.24) is 4.90 Å². The van der Waals surface area contributed by atoms with E-state index in [0.717, 1.165) is 25.1 Å². The van der Waals surface area contributed by atoms with Crippen LogP contribution >= 0.6 is 27.7 Å². The molecule has 1 saturated heterocycles. The maximum absolute atomic E-state index is 12.6. The summed E-state index contributed by atoms with van der Waals surface area (Å²) < 4.78 is 0.612. The fourth-order valence-electron chi connectivity index (χ4n) is 2.47. The summed E-state index contributed by atoms with van der Waals surface area (Å²) in [4.78, 5) is 25.5. The van der Waals surface area contributed by atoms with E-state index >= 15 is 0 Å². The molecular weight excluding hydrogens is 342 g/mol. The van der Waals surface area contributed by atoms with Crippen LogP contribution in [0, 0.1) is 0 Å². The Bertz CT molecular complexity index is 535. The molecule has 0 radical (unpaired) electrons. The molecule has 1 fully saturated rings. The van der Waals surface area contributed by atoms with Crippen molar-refractivity contribution in [1.29, 1.82) is 0 Å². The maximum Gasteiger partial charge on any atom is 0.335 e. The molecule has 1 aromatic rings. The molecule has 1 aliphatic rings. The van der Waals surface area contributed by atoms with Crippen LogP contribution in [0.4, 0.5) is 0 Å². The number of hydrogen-bond donors (Lipinski definition) is 1. The minimum atomic E-state index is -1.03. The van der Waals surface area contributed by atoms with Crippen molar-refractivity contribution in [2.45, 2.75) is 18.9 Å². The number of nitrogens with zero attached hydrogens (tertiary/aromatic N) is 1. The number of likely N-dealkylation sites (tertiary alicyclic amines) is 1. The number of carboxylic acids is 1. The van der Waals surface area contributed by atoms with E-state index in [4.69, 9.17) is 5.11 Å². The predicted molar refractivity (Wildman–Crippen MR) is 83.5 cm³/mol. The van der Waals surface area contributed by atoms with Gasteiger partial charge in [-0.15, -0.1) is 0 Å². The summed E-state index contributed by atoms with van der Waals surface area (Å²) in [6.07, 6.45) is 4.06. The van der Waals surface area contributed by atoms with Gasteiger partial charge in [-0.2, -0.15) is 11.8 Å². The second-order valence-electron chi connectivity index (χ2n) is 4.78. The molecule has 1 unspecified atom stereocenters. The first-order valence-electron chi connectivity index (χ1n) is 6.36. The van der Waals surface area contributed by atoms with E-state index in [2.05, 4.69) is 15.9 Å². The standard InChI is InChI=1S/C14H16BrNO3S/c1-20-8-12-3-2-4-16(12)13(17)9-5-10(14(18)19)7-11(15)6-9/h5-7,12H,2-4,8H2,1H3,(H,18,19). The topological polar surface area (TPSA) is 57.6 Å². The van der Waals surface area contributed by atoms with E-state index in [1.54, 1.807) is 17.8 Å². The Morgan fingerprint density at radius 3 is 2.75 bits per heavy atom. The van der Waals surface area contributed by atoms with Crippen LogP contribution in [0.15, 0.2) is 22.7 Å². The van der Waals surface area contributed by atoms with E-state index < -0.39 is 5.97 Å². The van der Waals surface area contributed by atoms with Crippen molar-refractivity contribution in [2.24, 2.45) is 0 Å². The SMILES string of the molecule is CSCC1CCCN1C(=O)c1cc(Br)cc(C(=O)O)c1. The largest absolute Gasteiger partial charge is 0.478 e. The molecule has 1 aromatic carbocycles. The Morgan fingerprint density at radius 1 is 1.40 bits per heavy atom. The number of carbonyl (C=O) groups excluding carboxylic acids is 1. The number of hydrogen-bond acceptors (Lipinski definition) is 3. The van der Waals surface area contributed by atoms with Gasteiger partial charge < -0.3 is 10.0 Å². The minimum Gasteiger partial charge on any atom is -0.478 e. The van der Waals surface area contributed by atoms with Gasteiger partial charge in [-0.05, 0) is 37.3 Å². The number of aromatic carboxylic acids is 1. The van der Waals surface area contributed by atoms with Gasteiger partial charge in [-0.1, -0.05) is 15.9 Å². The van der Waals surface area contributed by atoms with Gasteiger partial charge in [-0.25, -0.2) is 4.79 Å². The molecule has 108 valence electrons. The highest BCUT2D eigenvalue weighted by Gasteiger charge is 2.29. The molecule has 0 bridgehead atoms. The zero-order valence-corrected chi connectivity index (χ0v) is 13.5. The molecule has 1 heterocycles. The van der Waals surface area contributed by atoms with Gasteiger partial charge in [0.15, 0.2) is 0 Å². The lowest BCUT2D eigenvalue weighted by molar-refractivity contribution is 0.0697.